The van der Waals surface area contributed by atoms with E-state index >= 15 is 0 Å². The van der Waals surface area contributed by atoms with Crippen molar-refractivity contribution >= 4 is 45.7 Å². The van der Waals surface area contributed by atoms with E-state index in [-0.39, 0.29) is 11.7 Å². The lowest BCUT2D eigenvalue weighted by Gasteiger charge is -2.11. The van der Waals surface area contributed by atoms with E-state index in [2.05, 4.69) is 20.5 Å². The van der Waals surface area contributed by atoms with E-state index in [4.69, 9.17) is 11.6 Å². The smallest absolute Gasteiger partial charge is 0.236 e. The van der Waals surface area contributed by atoms with E-state index in [1.165, 1.54) is 23.1 Å². The number of anilines is 1. The number of nitrogens with one attached hydrogen (secondary N) is 1. The van der Waals surface area contributed by atoms with Crippen molar-refractivity contribution in [2.75, 3.05) is 11.1 Å². The van der Waals surface area contributed by atoms with Crippen LogP contribution in [0.1, 0.15) is 5.56 Å². The van der Waals surface area contributed by atoms with Gasteiger partial charge in [0.2, 0.25) is 5.91 Å². The molecule has 1 amide bonds. The maximum Gasteiger partial charge on any atom is 0.236 e. The SMILES string of the molecule is O=C(CSc1nnc(-c2ccccc2Cl)n1Cc1ccccc1)Nc1nccs1. The summed E-state index contributed by atoms with van der Waals surface area (Å²) in [5.41, 5.74) is 1.91. The molecule has 4 rings (SSSR count). The summed E-state index contributed by atoms with van der Waals surface area (Å²) in [5.74, 6) is 0.732. The van der Waals surface area contributed by atoms with Gasteiger partial charge in [0.15, 0.2) is 16.1 Å². The van der Waals surface area contributed by atoms with Gasteiger partial charge in [-0.3, -0.25) is 9.36 Å². The molecule has 1 N–H and O–H groups in total. The molecule has 0 radical (unpaired) electrons. The van der Waals surface area contributed by atoms with E-state index in [9.17, 15) is 4.79 Å². The van der Waals surface area contributed by atoms with Crippen molar-refractivity contribution in [2.45, 2.75) is 11.7 Å². The van der Waals surface area contributed by atoms with Crippen LogP contribution in [0.15, 0.2) is 71.3 Å². The molecule has 0 atom stereocenters. The van der Waals surface area contributed by atoms with Crippen molar-refractivity contribution < 1.29 is 4.79 Å². The van der Waals surface area contributed by atoms with Gasteiger partial charge in [-0.2, -0.15) is 0 Å². The van der Waals surface area contributed by atoms with Crippen LogP contribution < -0.4 is 5.32 Å². The van der Waals surface area contributed by atoms with Crippen molar-refractivity contribution in [2.24, 2.45) is 0 Å². The van der Waals surface area contributed by atoms with Crippen molar-refractivity contribution in [3.63, 3.8) is 0 Å². The van der Waals surface area contributed by atoms with Crippen LogP contribution in [0, 0.1) is 0 Å². The summed E-state index contributed by atoms with van der Waals surface area (Å²) in [6.07, 6.45) is 1.65. The molecule has 2 heterocycles. The molecule has 0 unspecified atom stereocenters. The van der Waals surface area contributed by atoms with Crippen LogP contribution in [-0.2, 0) is 11.3 Å². The molecule has 2 aromatic carbocycles. The second-order valence-electron chi connectivity index (χ2n) is 6.03. The molecule has 0 fully saturated rings. The Morgan fingerprint density at radius 2 is 1.90 bits per heavy atom. The predicted molar refractivity (Wildman–Crippen MR) is 117 cm³/mol. The Morgan fingerprint density at radius 3 is 2.66 bits per heavy atom. The fourth-order valence-corrected chi connectivity index (χ4v) is 4.22. The van der Waals surface area contributed by atoms with E-state index in [0.29, 0.717) is 27.7 Å². The molecule has 0 spiro atoms. The number of nitrogens with zero attached hydrogens (tertiary/aromatic N) is 4. The minimum Gasteiger partial charge on any atom is -0.301 e. The summed E-state index contributed by atoms with van der Waals surface area (Å²) >= 11 is 9.10. The summed E-state index contributed by atoms with van der Waals surface area (Å²) in [6, 6.07) is 17.6. The Balaban J connectivity index is 1.59. The maximum absolute atomic E-state index is 12.2. The number of aromatic nitrogens is 4. The second kappa shape index (κ2) is 9.21. The molecule has 0 aliphatic rings. The van der Waals surface area contributed by atoms with Gasteiger partial charge in [-0.25, -0.2) is 4.98 Å². The molecular weight excluding hydrogens is 426 g/mol. The number of carbonyl (C=O) groups is 1. The maximum atomic E-state index is 12.2. The molecule has 6 nitrogen and oxygen atoms in total. The van der Waals surface area contributed by atoms with E-state index in [1.54, 1.807) is 6.20 Å². The van der Waals surface area contributed by atoms with Crippen LogP contribution in [0.25, 0.3) is 11.4 Å². The number of hydrogen-bond acceptors (Lipinski definition) is 6. The molecule has 0 aliphatic carbocycles. The van der Waals surface area contributed by atoms with Gasteiger partial charge in [0.05, 0.1) is 17.3 Å². The number of hydrogen-bond donors (Lipinski definition) is 1. The molecule has 146 valence electrons. The third-order valence-electron chi connectivity index (χ3n) is 4.03. The summed E-state index contributed by atoms with van der Waals surface area (Å²) in [5, 5.41) is 15.1. The summed E-state index contributed by atoms with van der Waals surface area (Å²) in [7, 11) is 0. The Kier molecular flexibility index (Phi) is 6.24. The molecule has 2 aromatic heterocycles. The number of thioether (sulfide) groups is 1. The Morgan fingerprint density at radius 1 is 1.10 bits per heavy atom. The van der Waals surface area contributed by atoms with Gasteiger partial charge in [-0.15, -0.1) is 21.5 Å². The van der Waals surface area contributed by atoms with Crippen molar-refractivity contribution in [3.8, 4) is 11.4 Å². The fraction of sp³-hybridized carbons (Fsp3) is 0.100. The standard InChI is InChI=1S/C20H16ClN5OS2/c21-16-9-5-4-8-15(16)18-24-25-20(26(18)12-14-6-2-1-3-7-14)29-13-17(27)23-19-22-10-11-28-19/h1-11H,12-13H2,(H,22,23,27). The zero-order valence-corrected chi connectivity index (χ0v) is 17.5. The summed E-state index contributed by atoms with van der Waals surface area (Å²) in [4.78, 5) is 16.3. The van der Waals surface area contributed by atoms with Crippen LogP contribution in [0.3, 0.4) is 0 Å². The lowest BCUT2D eigenvalue weighted by atomic mass is 10.2. The predicted octanol–water partition coefficient (Wildman–Crippen LogP) is 4.83. The normalized spacial score (nSPS) is 10.8. The van der Waals surface area contributed by atoms with Gasteiger partial charge in [-0.05, 0) is 17.7 Å². The molecule has 29 heavy (non-hydrogen) atoms. The highest BCUT2D eigenvalue weighted by molar-refractivity contribution is 7.99. The van der Waals surface area contributed by atoms with E-state index in [1.807, 2.05) is 64.5 Å². The lowest BCUT2D eigenvalue weighted by molar-refractivity contribution is -0.113. The molecule has 9 heteroatoms. The Hall–Kier alpha value is -2.68. The van der Waals surface area contributed by atoms with Crippen LogP contribution in [0.4, 0.5) is 5.13 Å². The topological polar surface area (TPSA) is 72.7 Å². The molecule has 0 saturated heterocycles. The average molecular weight is 442 g/mol. The van der Waals surface area contributed by atoms with Gasteiger partial charge in [-0.1, -0.05) is 65.8 Å². The van der Waals surface area contributed by atoms with Crippen molar-refractivity contribution in [3.05, 3.63) is 76.8 Å². The van der Waals surface area contributed by atoms with Crippen molar-refractivity contribution in [1.82, 2.24) is 19.7 Å². The Bertz CT molecular complexity index is 1100. The number of thiazole rings is 1. The van der Waals surface area contributed by atoms with Crippen LogP contribution in [0.5, 0.6) is 0 Å². The number of benzene rings is 2. The minimum absolute atomic E-state index is 0.140. The minimum atomic E-state index is -0.140. The van der Waals surface area contributed by atoms with Gasteiger partial charge in [0.25, 0.3) is 0 Å². The van der Waals surface area contributed by atoms with Gasteiger partial charge < -0.3 is 5.32 Å². The molecule has 0 aliphatic heterocycles. The quantitative estimate of drug-likeness (QED) is 0.415. The highest BCUT2D eigenvalue weighted by Gasteiger charge is 2.18. The average Bonchev–Trinajstić information content (AvgIpc) is 3.38. The first-order valence-electron chi connectivity index (χ1n) is 8.75. The zero-order chi connectivity index (χ0) is 20.1. The lowest BCUT2D eigenvalue weighted by Crippen LogP contribution is -2.14. The zero-order valence-electron chi connectivity index (χ0n) is 15.2. The highest BCUT2D eigenvalue weighted by Crippen LogP contribution is 2.30. The molecule has 0 saturated carbocycles. The summed E-state index contributed by atoms with van der Waals surface area (Å²) in [6.45, 7) is 0.574. The monoisotopic (exact) mass is 441 g/mol. The molecular formula is C20H16ClN5OS2. The third-order valence-corrected chi connectivity index (χ3v) is 6.01. The van der Waals surface area contributed by atoms with Crippen LogP contribution in [-0.4, -0.2) is 31.4 Å². The largest absolute Gasteiger partial charge is 0.301 e. The van der Waals surface area contributed by atoms with Gasteiger partial charge >= 0.3 is 0 Å². The van der Waals surface area contributed by atoms with Crippen LogP contribution in [0.2, 0.25) is 5.02 Å². The number of halogens is 1. The first-order valence-corrected chi connectivity index (χ1v) is 11.0. The van der Waals surface area contributed by atoms with E-state index < -0.39 is 0 Å². The highest BCUT2D eigenvalue weighted by atomic mass is 35.5. The summed E-state index contributed by atoms with van der Waals surface area (Å²) < 4.78 is 1.98. The second-order valence-corrected chi connectivity index (χ2v) is 8.28. The fourth-order valence-electron chi connectivity index (χ4n) is 2.72. The van der Waals surface area contributed by atoms with Gasteiger partial charge in [0.1, 0.15) is 0 Å². The van der Waals surface area contributed by atoms with E-state index in [0.717, 1.165) is 11.1 Å². The number of carbonyl (C=O) groups excluding carboxylic acids is 1. The number of rotatable bonds is 7. The molecule has 0 bridgehead atoms. The Labute approximate surface area is 181 Å². The first kappa shape index (κ1) is 19.6. The third kappa shape index (κ3) is 4.84. The number of amides is 1. The van der Waals surface area contributed by atoms with Crippen LogP contribution >= 0.6 is 34.7 Å². The molecule has 4 aromatic rings. The van der Waals surface area contributed by atoms with Crippen molar-refractivity contribution in [1.29, 1.82) is 0 Å². The first-order chi connectivity index (χ1) is 14.2. The van der Waals surface area contributed by atoms with Gasteiger partial charge in [0, 0.05) is 17.1 Å².